The van der Waals surface area contributed by atoms with E-state index < -0.39 is 0 Å². The third-order valence-corrected chi connectivity index (χ3v) is 6.50. The molecule has 0 aliphatic carbocycles. The number of rotatable bonds is 3. The molecule has 1 atom stereocenters. The molecule has 0 aliphatic heterocycles. The van der Waals surface area contributed by atoms with Crippen LogP contribution in [0.3, 0.4) is 0 Å². The van der Waals surface area contributed by atoms with Crippen molar-refractivity contribution >= 4 is 54.8 Å². The fourth-order valence-electron chi connectivity index (χ4n) is 1.65. The quantitative estimate of drug-likeness (QED) is 0.567. The van der Waals surface area contributed by atoms with Crippen molar-refractivity contribution < 1.29 is 4.74 Å². The number of hydrogen-bond donors (Lipinski definition) is 0. The molecule has 2 rings (SSSR count). The zero-order valence-corrected chi connectivity index (χ0v) is 14.6. The van der Waals surface area contributed by atoms with E-state index in [2.05, 4.69) is 50.1 Å². The van der Waals surface area contributed by atoms with Gasteiger partial charge in [-0.25, -0.2) is 0 Å². The van der Waals surface area contributed by atoms with E-state index in [0.717, 1.165) is 30.6 Å². The average molecular weight is 411 g/mol. The molecule has 0 amide bonds. The predicted octanol–water partition coefficient (Wildman–Crippen LogP) is 5.97. The Kier molecular flexibility index (Phi) is 4.75. The van der Waals surface area contributed by atoms with Crippen LogP contribution in [0.1, 0.15) is 20.8 Å². The number of halogens is 3. The van der Waals surface area contributed by atoms with Gasteiger partial charge in [-0.15, -0.1) is 11.3 Å². The second-order valence-corrected chi connectivity index (χ2v) is 7.32. The summed E-state index contributed by atoms with van der Waals surface area (Å²) in [6.45, 7) is 2.03. The van der Waals surface area contributed by atoms with Gasteiger partial charge >= 0.3 is 0 Å². The lowest BCUT2D eigenvalue weighted by Gasteiger charge is -2.11. The highest BCUT2D eigenvalue weighted by Gasteiger charge is 2.16. The topological polar surface area (TPSA) is 9.23 Å². The van der Waals surface area contributed by atoms with Crippen LogP contribution in [0.5, 0.6) is 5.75 Å². The fraction of sp³-hybridized carbons (Fsp3) is 0.231. The minimum absolute atomic E-state index is 0.126. The van der Waals surface area contributed by atoms with E-state index in [1.54, 1.807) is 18.4 Å². The number of ether oxygens (including phenoxy) is 1. The van der Waals surface area contributed by atoms with Gasteiger partial charge in [-0.05, 0) is 46.1 Å². The highest BCUT2D eigenvalue weighted by molar-refractivity contribution is 9.10. The van der Waals surface area contributed by atoms with Crippen molar-refractivity contribution in [3.8, 4) is 5.75 Å². The monoisotopic (exact) mass is 408 g/mol. The van der Waals surface area contributed by atoms with Crippen LogP contribution in [-0.2, 0) is 0 Å². The molecule has 1 aromatic carbocycles. The molecule has 0 saturated heterocycles. The molecule has 1 heterocycles. The second-order valence-electron chi connectivity index (χ2n) is 3.86. The molecule has 0 fully saturated rings. The Labute approximate surface area is 132 Å². The summed E-state index contributed by atoms with van der Waals surface area (Å²) >= 11 is 14.8. The minimum Gasteiger partial charge on any atom is -0.496 e. The third kappa shape index (κ3) is 2.93. The average Bonchev–Trinajstić information content (AvgIpc) is 2.69. The number of hydrogen-bond acceptors (Lipinski definition) is 2. The summed E-state index contributed by atoms with van der Waals surface area (Å²) < 4.78 is 7.06. The predicted molar refractivity (Wildman–Crippen MR) is 85.5 cm³/mol. The van der Waals surface area contributed by atoms with Gasteiger partial charge in [0.2, 0.25) is 0 Å². The lowest BCUT2D eigenvalue weighted by Crippen LogP contribution is -1.93. The number of thiophene rings is 1. The Bertz CT molecular complexity index is 549. The molecule has 96 valence electrons. The Morgan fingerprint density at radius 3 is 2.61 bits per heavy atom. The van der Waals surface area contributed by atoms with Crippen molar-refractivity contribution in [3.05, 3.63) is 49.1 Å². The molecule has 1 nitrogen and oxygen atoms in total. The SMILES string of the molecule is COc1cc(C(Br)c2cc(Br)c(Cl)s2)ccc1C. The van der Waals surface area contributed by atoms with Crippen molar-refractivity contribution in [3.63, 3.8) is 0 Å². The van der Waals surface area contributed by atoms with E-state index in [9.17, 15) is 0 Å². The minimum atomic E-state index is 0.126. The standard InChI is InChI=1S/C13H11Br2ClOS/c1-7-3-4-8(5-10(7)17-2)12(15)11-6-9(14)13(16)18-11/h3-6,12H,1-2H3. The van der Waals surface area contributed by atoms with E-state index in [-0.39, 0.29) is 4.83 Å². The van der Waals surface area contributed by atoms with Crippen LogP contribution in [0, 0.1) is 6.92 Å². The molecule has 0 saturated carbocycles. The highest BCUT2D eigenvalue weighted by Crippen LogP contribution is 2.42. The number of alkyl halides is 1. The van der Waals surface area contributed by atoms with Crippen LogP contribution in [0.4, 0.5) is 0 Å². The summed E-state index contributed by atoms with van der Waals surface area (Å²) in [5.41, 5.74) is 2.29. The van der Waals surface area contributed by atoms with Gasteiger partial charge in [-0.2, -0.15) is 0 Å². The van der Waals surface area contributed by atoms with Crippen LogP contribution < -0.4 is 4.74 Å². The van der Waals surface area contributed by atoms with Crippen molar-refractivity contribution in [1.29, 1.82) is 0 Å². The van der Waals surface area contributed by atoms with Crippen LogP contribution in [0.2, 0.25) is 4.34 Å². The van der Waals surface area contributed by atoms with Gasteiger partial charge in [-0.1, -0.05) is 39.7 Å². The summed E-state index contributed by atoms with van der Waals surface area (Å²) in [6, 6.07) is 8.25. The molecule has 0 N–H and O–H groups in total. The lowest BCUT2D eigenvalue weighted by molar-refractivity contribution is 0.411. The molecule has 0 spiro atoms. The van der Waals surface area contributed by atoms with E-state index >= 15 is 0 Å². The van der Waals surface area contributed by atoms with Gasteiger partial charge in [-0.3, -0.25) is 0 Å². The third-order valence-electron chi connectivity index (χ3n) is 2.64. The first-order valence-corrected chi connectivity index (χ1v) is 8.16. The summed E-state index contributed by atoms with van der Waals surface area (Å²) in [5, 5.41) is 0. The number of benzene rings is 1. The van der Waals surface area contributed by atoms with E-state index in [0.29, 0.717) is 0 Å². The van der Waals surface area contributed by atoms with E-state index in [1.807, 2.05) is 13.0 Å². The Morgan fingerprint density at radius 2 is 2.06 bits per heavy atom. The molecule has 2 aromatic rings. The molecule has 5 heteroatoms. The van der Waals surface area contributed by atoms with E-state index in [4.69, 9.17) is 16.3 Å². The fourth-order valence-corrected chi connectivity index (χ4v) is 4.09. The van der Waals surface area contributed by atoms with E-state index in [1.165, 1.54) is 0 Å². The first kappa shape index (κ1) is 14.4. The van der Waals surface area contributed by atoms with Crippen molar-refractivity contribution in [2.45, 2.75) is 11.8 Å². The zero-order valence-electron chi connectivity index (χ0n) is 9.84. The molecule has 1 unspecified atom stereocenters. The van der Waals surface area contributed by atoms with Gasteiger partial charge in [0.15, 0.2) is 0 Å². The zero-order chi connectivity index (χ0) is 13.3. The molecule has 18 heavy (non-hydrogen) atoms. The van der Waals surface area contributed by atoms with Crippen molar-refractivity contribution in [2.75, 3.05) is 7.11 Å². The highest BCUT2D eigenvalue weighted by atomic mass is 79.9. The first-order valence-electron chi connectivity index (χ1n) is 5.26. The van der Waals surface area contributed by atoms with Crippen LogP contribution in [-0.4, -0.2) is 7.11 Å². The second kappa shape index (κ2) is 5.95. The summed E-state index contributed by atoms with van der Waals surface area (Å²) in [6.07, 6.45) is 0. The maximum Gasteiger partial charge on any atom is 0.122 e. The maximum absolute atomic E-state index is 6.07. The van der Waals surface area contributed by atoms with Crippen LogP contribution in [0.15, 0.2) is 28.7 Å². The van der Waals surface area contributed by atoms with Crippen LogP contribution in [0.25, 0.3) is 0 Å². The van der Waals surface area contributed by atoms with Gasteiger partial charge in [0.05, 0.1) is 11.9 Å². The molecule has 0 aliphatic rings. The van der Waals surface area contributed by atoms with Crippen molar-refractivity contribution in [2.24, 2.45) is 0 Å². The van der Waals surface area contributed by atoms with Gasteiger partial charge < -0.3 is 4.74 Å². The Morgan fingerprint density at radius 1 is 1.33 bits per heavy atom. The Balaban J connectivity index is 2.36. The first-order chi connectivity index (χ1) is 8.52. The van der Waals surface area contributed by atoms with Gasteiger partial charge in [0, 0.05) is 9.35 Å². The smallest absolute Gasteiger partial charge is 0.122 e. The Hall–Kier alpha value is -0.0300. The molecular weight excluding hydrogens is 399 g/mol. The van der Waals surface area contributed by atoms with Crippen LogP contribution >= 0.6 is 54.8 Å². The molecule has 1 aromatic heterocycles. The molecular formula is C13H11Br2ClOS. The largest absolute Gasteiger partial charge is 0.496 e. The normalized spacial score (nSPS) is 12.5. The maximum atomic E-state index is 6.07. The van der Waals surface area contributed by atoms with Gasteiger partial charge in [0.25, 0.3) is 0 Å². The van der Waals surface area contributed by atoms with Gasteiger partial charge in [0.1, 0.15) is 10.1 Å². The lowest BCUT2D eigenvalue weighted by atomic mass is 10.1. The molecule has 0 bridgehead atoms. The molecule has 0 radical (unpaired) electrons. The summed E-state index contributed by atoms with van der Waals surface area (Å²) in [5.74, 6) is 0.902. The number of aryl methyl sites for hydroxylation is 1. The summed E-state index contributed by atoms with van der Waals surface area (Å²) in [7, 11) is 1.69. The number of methoxy groups -OCH3 is 1. The summed E-state index contributed by atoms with van der Waals surface area (Å²) in [4.78, 5) is 1.29. The van der Waals surface area contributed by atoms with Crippen molar-refractivity contribution in [1.82, 2.24) is 0 Å².